The van der Waals surface area contributed by atoms with Gasteiger partial charge in [-0.15, -0.1) is 0 Å². The lowest BCUT2D eigenvalue weighted by Crippen LogP contribution is -2.23. The van der Waals surface area contributed by atoms with E-state index in [9.17, 15) is 19.2 Å². The topological polar surface area (TPSA) is 177 Å². The first-order valence-corrected chi connectivity index (χ1v) is 22.8. The van der Waals surface area contributed by atoms with E-state index in [0.29, 0.717) is 99.7 Å². The average molecular weight is 909 g/mol. The number of amides is 3. The van der Waals surface area contributed by atoms with Crippen LogP contribution < -0.4 is 21.7 Å². The van der Waals surface area contributed by atoms with Crippen molar-refractivity contribution in [2.45, 2.75) is 105 Å². The van der Waals surface area contributed by atoms with Crippen molar-refractivity contribution in [3.05, 3.63) is 115 Å². The van der Waals surface area contributed by atoms with E-state index in [2.05, 4.69) is 16.0 Å². The van der Waals surface area contributed by atoms with E-state index in [1.165, 1.54) is 7.11 Å². The number of nitrogen functional groups attached to an aromatic ring is 1. The number of nitrogens with two attached hydrogens (primary N) is 1. The summed E-state index contributed by atoms with van der Waals surface area (Å²) >= 11 is 0. The SMILES string of the molecule is COCCc1c(N)cc(C(C)C)cc1C(=O)Nc1cc(C(C)C)cc(C(=O)Nc2cc(C(C)C)cc(C(=O)Nc3cc(C(C)C)cc(C(=O)OC)c3CCOC)c2CCOC)c1CCOC. The summed E-state index contributed by atoms with van der Waals surface area (Å²) in [5.41, 5.74) is 15.8. The van der Waals surface area contributed by atoms with Crippen molar-refractivity contribution in [2.24, 2.45) is 0 Å². The second-order valence-corrected chi connectivity index (χ2v) is 17.9. The molecule has 4 aromatic rings. The first-order chi connectivity index (χ1) is 31.4. The van der Waals surface area contributed by atoms with E-state index >= 15 is 0 Å². The summed E-state index contributed by atoms with van der Waals surface area (Å²) in [6.45, 7) is 17.4. The fraction of sp³-hybridized carbons (Fsp3) is 0.472. The highest BCUT2D eigenvalue weighted by Crippen LogP contribution is 2.35. The summed E-state index contributed by atoms with van der Waals surface area (Å²) in [6, 6.07) is 15.0. The summed E-state index contributed by atoms with van der Waals surface area (Å²) in [5.74, 6) is -1.61. The number of carbonyl (C=O) groups is 4. The van der Waals surface area contributed by atoms with Gasteiger partial charge in [0, 0.05) is 67.9 Å². The van der Waals surface area contributed by atoms with Gasteiger partial charge in [0.05, 0.1) is 39.1 Å². The largest absolute Gasteiger partial charge is 0.465 e. The number of hydrogen-bond donors (Lipinski definition) is 4. The Morgan fingerprint density at radius 3 is 1.00 bits per heavy atom. The molecule has 0 spiro atoms. The number of methoxy groups -OCH3 is 5. The van der Waals surface area contributed by atoms with Crippen LogP contribution in [0.15, 0.2) is 48.5 Å². The van der Waals surface area contributed by atoms with Crippen molar-refractivity contribution in [3.8, 4) is 0 Å². The molecule has 0 atom stereocenters. The predicted octanol–water partition coefficient (Wildman–Crippen LogP) is 10.1. The van der Waals surface area contributed by atoms with Crippen LogP contribution in [0.1, 0.15) is 165 Å². The number of benzene rings is 4. The van der Waals surface area contributed by atoms with Crippen molar-refractivity contribution >= 4 is 46.4 Å². The van der Waals surface area contributed by atoms with Crippen LogP contribution in [0.4, 0.5) is 22.7 Å². The molecule has 5 N–H and O–H groups in total. The standard InChI is InChI=1S/C53H72N4O9/c1-30(2)34-22-42(38(14-18-62-9)46(54)26-34)50(58)55-47-27-35(31(3)4)23-43(39(47)15-19-63-10)51(59)56-48-28-36(32(5)6)24-44(40(48)16-20-64-11)52(60)57-49-29-37(33(7)8)25-45(53(61)66-13)41(49)17-21-65-12/h22-33H,14-21,54H2,1-13H3,(H,55,58)(H,56,59)(H,57,60). The number of hydrogen-bond acceptors (Lipinski definition) is 10. The predicted molar refractivity (Wildman–Crippen MR) is 264 cm³/mol. The van der Waals surface area contributed by atoms with Gasteiger partial charge in [-0.3, -0.25) is 14.4 Å². The Balaban J connectivity index is 1.91. The molecule has 0 aromatic heterocycles. The zero-order valence-electron chi connectivity index (χ0n) is 41.3. The van der Waals surface area contributed by atoms with Crippen LogP contribution in [0.2, 0.25) is 0 Å². The van der Waals surface area contributed by atoms with Gasteiger partial charge in [0.25, 0.3) is 17.7 Å². The first kappa shape index (κ1) is 53.0. The molecular formula is C53H72N4O9. The maximum atomic E-state index is 15.0. The van der Waals surface area contributed by atoms with Crippen LogP contribution >= 0.6 is 0 Å². The molecule has 0 saturated carbocycles. The molecule has 0 saturated heterocycles. The summed E-state index contributed by atoms with van der Waals surface area (Å²) in [4.78, 5) is 57.4. The summed E-state index contributed by atoms with van der Waals surface area (Å²) < 4.78 is 27.1. The van der Waals surface area contributed by atoms with Gasteiger partial charge in [-0.25, -0.2) is 4.79 Å². The van der Waals surface area contributed by atoms with Crippen LogP contribution in [0, 0.1) is 0 Å². The lowest BCUT2D eigenvalue weighted by Gasteiger charge is -2.23. The third kappa shape index (κ3) is 13.3. The lowest BCUT2D eigenvalue weighted by atomic mass is 9.91. The molecule has 0 radical (unpaired) electrons. The number of ether oxygens (including phenoxy) is 5. The van der Waals surface area contributed by atoms with Crippen LogP contribution in [0.5, 0.6) is 0 Å². The molecule has 3 amide bonds. The number of rotatable bonds is 23. The molecule has 0 heterocycles. The van der Waals surface area contributed by atoms with Crippen LogP contribution in [-0.2, 0) is 49.4 Å². The van der Waals surface area contributed by atoms with Crippen LogP contribution in [0.25, 0.3) is 0 Å². The van der Waals surface area contributed by atoms with Crippen LogP contribution in [-0.4, -0.2) is 85.7 Å². The smallest absolute Gasteiger partial charge is 0.338 e. The second kappa shape index (κ2) is 24.8. The van der Waals surface area contributed by atoms with Gasteiger partial charge in [-0.2, -0.15) is 0 Å². The molecule has 4 aromatic carbocycles. The number of nitrogens with one attached hydrogen (secondary N) is 3. The van der Waals surface area contributed by atoms with E-state index in [0.717, 1.165) is 22.3 Å². The molecule has 0 aliphatic rings. The second-order valence-electron chi connectivity index (χ2n) is 17.9. The Kier molecular flexibility index (Phi) is 19.9. The van der Waals surface area contributed by atoms with Crippen LogP contribution in [0.3, 0.4) is 0 Å². The molecule has 4 rings (SSSR count). The van der Waals surface area contributed by atoms with Crippen molar-refractivity contribution < 1.29 is 42.9 Å². The molecule has 0 fully saturated rings. The Bertz CT molecular complexity index is 2350. The van der Waals surface area contributed by atoms with Gasteiger partial charge in [-0.1, -0.05) is 55.4 Å². The monoisotopic (exact) mass is 909 g/mol. The molecular weight excluding hydrogens is 837 g/mol. The molecule has 13 heteroatoms. The summed E-state index contributed by atoms with van der Waals surface area (Å²) in [5, 5.41) is 9.52. The highest BCUT2D eigenvalue weighted by atomic mass is 16.5. The Hall–Kier alpha value is -5.60. The van der Waals surface area contributed by atoms with Crippen molar-refractivity contribution in [1.82, 2.24) is 0 Å². The minimum Gasteiger partial charge on any atom is -0.465 e. The van der Waals surface area contributed by atoms with Crippen molar-refractivity contribution in [1.29, 1.82) is 0 Å². The van der Waals surface area contributed by atoms with Gasteiger partial charge in [0.2, 0.25) is 0 Å². The molecule has 0 aliphatic heterocycles. The maximum Gasteiger partial charge on any atom is 0.338 e. The number of carbonyl (C=O) groups excluding carboxylic acids is 4. The molecule has 0 unspecified atom stereocenters. The van der Waals surface area contributed by atoms with Gasteiger partial charge in [0.1, 0.15) is 0 Å². The highest BCUT2D eigenvalue weighted by Gasteiger charge is 2.27. The third-order valence-corrected chi connectivity index (χ3v) is 11.9. The van der Waals surface area contributed by atoms with E-state index in [4.69, 9.17) is 29.4 Å². The molecule has 358 valence electrons. The molecule has 0 aliphatic carbocycles. The molecule has 0 bridgehead atoms. The van der Waals surface area contributed by atoms with Gasteiger partial charge >= 0.3 is 5.97 Å². The number of esters is 1. The summed E-state index contributed by atoms with van der Waals surface area (Å²) in [6.07, 6.45) is 1.38. The molecule has 13 nitrogen and oxygen atoms in total. The minimum atomic E-state index is -0.516. The third-order valence-electron chi connectivity index (χ3n) is 11.9. The number of anilines is 4. The zero-order chi connectivity index (χ0) is 48.8. The van der Waals surface area contributed by atoms with Gasteiger partial charge in [-0.05, 0) is 142 Å². The summed E-state index contributed by atoms with van der Waals surface area (Å²) in [7, 11) is 7.68. The van der Waals surface area contributed by atoms with Gasteiger partial charge in [0.15, 0.2) is 0 Å². The van der Waals surface area contributed by atoms with E-state index in [1.807, 2.05) is 97.9 Å². The van der Waals surface area contributed by atoms with E-state index in [-0.39, 0.29) is 49.2 Å². The van der Waals surface area contributed by atoms with Crippen molar-refractivity contribution in [2.75, 3.05) is 83.7 Å². The van der Waals surface area contributed by atoms with Gasteiger partial charge < -0.3 is 45.4 Å². The van der Waals surface area contributed by atoms with E-state index < -0.39 is 17.8 Å². The normalized spacial score (nSPS) is 11.5. The van der Waals surface area contributed by atoms with Crippen molar-refractivity contribution in [3.63, 3.8) is 0 Å². The Labute approximate surface area is 391 Å². The average Bonchev–Trinajstić information content (AvgIpc) is 3.28. The first-order valence-electron chi connectivity index (χ1n) is 22.8. The fourth-order valence-corrected chi connectivity index (χ4v) is 7.84. The lowest BCUT2D eigenvalue weighted by molar-refractivity contribution is 0.0598. The maximum absolute atomic E-state index is 15.0. The quantitative estimate of drug-likeness (QED) is 0.0414. The Morgan fingerprint density at radius 1 is 0.424 bits per heavy atom. The minimum absolute atomic E-state index is 0.0136. The zero-order valence-corrected chi connectivity index (χ0v) is 41.3. The molecule has 66 heavy (non-hydrogen) atoms. The van der Waals surface area contributed by atoms with E-state index in [1.54, 1.807) is 34.5 Å². The highest BCUT2D eigenvalue weighted by molar-refractivity contribution is 6.12. The fourth-order valence-electron chi connectivity index (χ4n) is 7.84. The Morgan fingerprint density at radius 2 is 0.697 bits per heavy atom.